The molecule has 0 spiro atoms. The minimum atomic E-state index is -0.332. The van der Waals surface area contributed by atoms with E-state index in [-0.39, 0.29) is 5.82 Å². The molecule has 1 aromatic carbocycles. The molecule has 0 amide bonds. The highest BCUT2D eigenvalue weighted by atomic mass is 35.5. The molecule has 0 saturated carbocycles. The van der Waals surface area contributed by atoms with Crippen molar-refractivity contribution in [2.45, 2.75) is 0 Å². The van der Waals surface area contributed by atoms with Crippen molar-refractivity contribution in [3.8, 4) is 11.4 Å². The Morgan fingerprint density at radius 2 is 2.00 bits per heavy atom. The molecule has 3 rings (SSSR count). The number of anilines is 1. The molecule has 2 aromatic heterocycles. The normalized spacial score (nSPS) is 11.0. The lowest BCUT2D eigenvalue weighted by molar-refractivity contribution is 0.629. The summed E-state index contributed by atoms with van der Waals surface area (Å²) in [5.74, 6) is 0.673. The van der Waals surface area contributed by atoms with Crippen molar-refractivity contribution in [2.75, 3.05) is 12.4 Å². The predicted octanol–water partition coefficient (Wildman–Crippen LogP) is 4.85. The molecule has 0 unspecified atom stereocenters. The van der Waals surface area contributed by atoms with Gasteiger partial charge in [-0.3, -0.25) is 0 Å². The van der Waals surface area contributed by atoms with Gasteiger partial charge in [0.2, 0.25) is 0 Å². The van der Waals surface area contributed by atoms with E-state index in [4.69, 9.17) is 23.2 Å². The lowest BCUT2D eigenvalue weighted by atomic mass is 10.2. The number of nitrogens with zero attached hydrogens (tertiary/aromatic N) is 2. The second kappa shape index (κ2) is 5.16. The molecule has 7 heteroatoms. The highest BCUT2D eigenvalue weighted by Crippen LogP contribution is 2.37. The van der Waals surface area contributed by atoms with E-state index in [0.717, 1.165) is 0 Å². The number of thiophene rings is 1. The van der Waals surface area contributed by atoms with Gasteiger partial charge in [-0.2, -0.15) is 0 Å². The summed E-state index contributed by atoms with van der Waals surface area (Å²) >= 11 is 13.3. The fraction of sp³-hybridized carbons (Fsp3) is 0.0769. The molecule has 2 heterocycles. The first-order chi connectivity index (χ1) is 9.58. The van der Waals surface area contributed by atoms with E-state index in [2.05, 4.69) is 15.3 Å². The van der Waals surface area contributed by atoms with E-state index in [1.54, 1.807) is 19.2 Å². The minimum absolute atomic E-state index is 0.332. The molecule has 0 bridgehead atoms. The van der Waals surface area contributed by atoms with Crippen LogP contribution in [-0.4, -0.2) is 17.0 Å². The van der Waals surface area contributed by atoms with Gasteiger partial charge < -0.3 is 5.32 Å². The van der Waals surface area contributed by atoms with Gasteiger partial charge in [-0.1, -0.05) is 23.2 Å². The second-order valence-electron chi connectivity index (χ2n) is 4.05. The average molecular weight is 328 g/mol. The fourth-order valence-corrected chi connectivity index (χ4v) is 3.36. The van der Waals surface area contributed by atoms with Gasteiger partial charge in [-0.25, -0.2) is 14.4 Å². The Balaban J connectivity index is 2.28. The molecular formula is C13H8Cl2FN3S. The maximum atomic E-state index is 13.3. The molecule has 0 aliphatic heterocycles. The lowest BCUT2D eigenvalue weighted by Crippen LogP contribution is -1.98. The SMILES string of the molecule is CNc1nc(-c2cc(Cl)sc2Cl)nc2ccc(F)cc12. The zero-order valence-corrected chi connectivity index (χ0v) is 12.6. The van der Waals surface area contributed by atoms with Gasteiger partial charge in [-0.15, -0.1) is 11.3 Å². The molecular weight excluding hydrogens is 320 g/mol. The van der Waals surface area contributed by atoms with E-state index in [0.29, 0.717) is 36.8 Å². The monoisotopic (exact) mass is 327 g/mol. The van der Waals surface area contributed by atoms with Crippen LogP contribution in [0, 0.1) is 5.82 Å². The van der Waals surface area contributed by atoms with E-state index in [1.165, 1.54) is 23.5 Å². The van der Waals surface area contributed by atoms with Crippen LogP contribution in [0.1, 0.15) is 0 Å². The highest BCUT2D eigenvalue weighted by Gasteiger charge is 2.14. The summed E-state index contributed by atoms with van der Waals surface area (Å²) in [6.07, 6.45) is 0. The maximum Gasteiger partial charge on any atom is 0.164 e. The molecule has 0 fully saturated rings. The van der Waals surface area contributed by atoms with E-state index in [1.807, 2.05) is 0 Å². The fourth-order valence-electron chi connectivity index (χ4n) is 1.90. The van der Waals surface area contributed by atoms with Crippen molar-refractivity contribution in [1.29, 1.82) is 0 Å². The third kappa shape index (κ3) is 2.32. The number of nitrogens with one attached hydrogen (secondary N) is 1. The van der Waals surface area contributed by atoms with Crippen LogP contribution in [0.15, 0.2) is 24.3 Å². The maximum absolute atomic E-state index is 13.3. The summed E-state index contributed by atoms with van der Waals surface area (Å²) in [6.45, 7) is 0. The van der Waals surface area contributed by atoms with Gasteiger partial charge in [-0.05, 0) is 24.3 Å². The number of benzene rings is 1. The van der Waals surface area contributed by atoms with Crippen LogP contribution >= 0.6 is 34.5 Å². The molecule has 0 aliphatic carbocycles. The number of rotatable bonds is 2. The van der Waals surface area contributed by atoms with Crippen molar-refractivity contribution in [3.05, 3.63) is 38.8 Å². The summed E-state index contributed by atoms with van der Waals surface area (Å²) in [4.78, 5) is 8.79. The zero-order chi connectivity index (χ0) is 14.3. The number of halogens is 3. The summed E-state index contributed by atoms with van der Waals surface area (Å²) in [7, 11) is 1.72. The van der Waals surface area contributed by atoms with Crippen LogP contribution in [0.4, 0.5) is 10.2 Å². The Morgan fingerprint density at radius 3 is 2.65 bits per heavy atom. The van der Waals surface area contributed by atoms with Gasteiger partial charge in [0.05, 0.1) is 15.4 Å². The van der Waals surface area contributed by atoms with Gasteiger partial charge >= 0.3 is 0 Å². The first-order valence-electron chi connectivity index (χ1n) is 5.69. The molecule has 20 heavy (non-hydrogen) atoms. The number of hydrogen-bond donors (Lipinski definition) is 1. The van der Waals surface area contributed by atoms with E-state index < -0.39 is 0 Å². The van der Waals surface area contributed by atoms with Crippen LogP contribution in [0.2, 0.25) is 8.67 Å². The van der Waals surface area contributed by atoms with Crippen LogP contribution < -0.4 is 5.32 Å². The number of fused-ring (bicyclic) bond motifs is 1. The lowest BCUT2D eigenvalue weighted by Gasteiger charge is -2.07. The quantitative estimate of drug-likeness (QED) is 0.731. The Labute approximate surface area is 128 Å². The topological polar surface area (TPSA) is 37.8 Å². The van der Waals surface area contributed by atoms with Crippen molar-refractivity contribution in [2.24, 2.45) is 0 Å². The van der Waals surface area contributed by atoms with Gasteiger partial charge in [0.1, 0.15) is 16.0 Å². The van der Waals surface area contributed by atoms with Crippen molar-refractivity contribution < 1.29 is 4.39 Å². The Morgan fingerprint density at radius 1 is 1.20 bits per heavy atom. The molecule has 0 radical (unpaired) electrons. The first kappa shape index (κ1) is 13.5. The Bertz CT molecular complexity index is 804. The Kier molecular flexibility index (Phi) is 3.50. The molecule has 1 N–H and O–H groups in total. The highest BCUT2D eigenvalue weighted by molar-refractivity contribution is 7.20. The van der Waals surface area contributed by atoms with Crippen LogP contribution in [-0.2, 0) is 0 Å². The van der Waals surface area contributed by atoms with Crippen molar-refractivity contribution in [1.82, 2.24) is 9.97 Å². The van der Waals surface area contributed by atoms with Crippen LogP contribution in [0.3, 0.4) is 0 Å². The van der Waals surface area contributed by atoms with E-state index in [9.17, 15) is 4.39 Å². The standard InChI is InChI=1S/C13H8Cl2FN3S/c1-17-12-7-4-6(16)2-3-9(7)18-13(19-12)8-5-10(14)20-11(8)15/h2-5H,1H3,(H,17,18,19). The van der Waals surface area contributed by atoms with Crippen molar-refractivity contribution >= 4 is 51.3 Å². The molecule has 3 aromatic rings. The Hall–Kier alpha value is -1.43. The second-order valence-corrected chi connectivity index (χ2v) is 6.33. The van der Waals surface area contributed by atoms with Gasteiger partial charge in [0.15, 0.2) is 5.82 Å². The largest absolute Gasteiger partial charge is 0.373 e. The van der Waals surface area contributed by atoms with Crippen LogP contribution in [0.25, 0.3) is 22.3 Å². The average Bonchev–Trinajstić information content (AvgIpc) is 2.76. The number of hydrogen-bond acceptors (Lipinski definition) is 4. The molecule has 0 aliphatic rings. The smallest absolute Gasteiger partial charge is 0.164 e. The summed E-state index contributed by atoms with van der Waals surface area (Å²) in [6, 6.07) is 6.09. The van der Waals surface area contributed by atoms with Crippen molar-refractivity contribution in [3.63, 3.8) is 0 Å². The third-order valence-corrected chi connectivity index (χ3v) is 4.28. The molecule has 3 nitrogen and oxygen atoms in total. The summed E-state index contributed by atoms with van der Waals surface area (Å²) < 4.78 is 14.4. The molecule has 0 atom stereocenters. The van der Waals surface area contributed by atoms with Crippen LogP contribution in [0.5, 0.6) is 0 Å². The third-order valence-electron chi connectivity index (χ3n) is 2.79. The predicted molar refractivity (Wildman–Crippen MR) is 82.4 cm³/mol. The molecule has 102 valence electrons. The summed E-state index contributed by atoms with van der Waals surface area (Å²) in [5.41, 5.74) is 1.31. The van der Waals surface area contributed by atoms with Gasteiger partial charge in [0.25, 0.3) is 0 Å². The van der Waals surface area contributed by atoms with Gasteiger partial charge in [0, 0.05) is 12.4 Å². The summed E-state index contributed by atoms with van der Waals surface area (Å²) in [5, 5.41) is 3.56. The minimum Gasteiger partial charge on any atom is -0.373 e. The molecule has 0 saturated heterocycles. The first-order valence-corrected chi connectivity index (χ1v) is 7.26. The van der Waals surface area contributed by atoms with E-state index >= 15 is 0 Å². The zero-order valence-electron chi connectivity index (χ0n) is 10.2. The number of aromatic nitrogens is 2.